The van der Waals surface area contributed by atoms with Crippen molar-refractivity contribution in [2.24, 2.45) is 10.9 Å². The molecule has 0 aliphatic rings. The SMILES string of the molecule is N#CC(CN=C=O)C[Si](Cl)(Cl)Cl. The molecule has 0 rings (SSSR count). The van der Waals surface area contributed by atoms with Gasteiger partial charge in [0.05, 0.1) is 18.5 Å². The fraction of sp³-hybridized carbons (Fsp3) is 0.600. The smallest absolute Gasteiger partial charge is 0.211 e. The van der Waals surface area contributed by atoms with Crippen LogP contribution in [-0.2, 0) is 4.79 Å². The lowest BCUT2D eigenvalue weighted by molar-refractivity contribution is 0.561. The van der Waals surface area contributed by atoms with Crippen molar-refractivity contribution in [3.63, 3.8) is 0 Å². The Labute approximate surface area is 85.1 Å². The van der Waals surface area contributed by atoms with Crippen LogP contribution in [0.25, 0.3) is 0 Å². The molecular formula is C5H5Cl3N2OSi. The largest absolute Gasteiger partial charge is 0.342 e. The molecule has 66 valence electrons. The molecule has 12 heavy (non-hydrogen) atoms. The van der Waals surface area contributed by atoms with Gasteiger partial charge in [0.2, 0.25) is 6.08 Å². The molecule has 0 bridgehead atoms. The molecule has 0 radical (unpaired) electrons. The number of nitriles is 1. The van der Waals surface area contributed by atoms with Crippen LogP contribution in [0.1, 0.15) is 0 Å². The van der Waals surface area contributed by atoms with Gasteiger partial charge in [-0.25, -0.2) is 9.79 Å². The maximum Gasteiger partial charge on any atom is 0.342 e. The highest BCUT2D eigenvalue weighted by Gasteiger charge is 2.29. The zero-order chi connectivity index (χ0) is 9.61. The molecule has 0 aromatic heterocycles. The third-order valence-electron chi connectivity index (χ3n) is 1.04. The first-order chi connectivity index (χ1) is 5.49. The van der Waals surface area contributed by atoms with Crippen LogP contribution in [0.15, 0.2) is 4.99 Å². The Kier molecular flexibility index (Phi) is 5.56. The van der Waals surface area contributed by atoms with E-state index in [0.29, 0.717) is 0 Å². The Bertz CT molecular complexity index is 228. The zero-order valence-electron chi connectivity index (χ0n) is 5.93. The first-order valence-corrected chi connectivity index (χ1v) is 8.24. The number of isocyanates is 1. The summed E-state index contributed by atoms with van der Waals surface area (Å²) in [5, 5.41) is 8.52. The van der Waals surface area contributed by atoms with E-state index < -0.39 is 11.9 Å². The van der Waals surface area contributed by atoms with E-state index in [1.807, 2.05) is 6.07 Å². The van der Waals surface area contributed by atoms with Gasteiger partial charge in [-0.05, 0) is 0 Å². The first kappa shape index (κ1) is 12.0. The summed E-state index contributed by atoms with van der Waals surface area (Å²) >= 11 is 16.7. The van der Waals surface area contributed by atoms with Crippen LogP contribution in [-0.4, -0.2) is 18.6 Å². The van der Waals surface area contributed by atoms with Crippen molar-refractivity contribution < 1.29 is 4.79 Å². The number of hydrogen-bond acceptors (Lipinski definition) is 3. The van der Waals surface area contributed by atoms with Crippen molar-refractivity contribution in [1.29, 1.82) is 5.26 Å². The Morgan fingerprint density at radius 1 is 1.50 bits per heavy atom. The molecule has 3 nitrogen and oxygen atoms in total. The average Bonchev–Trinajstić information content (AvgIpc) is 1.95. The molecule has 0 aliphatic heterocycles. The van der Waals surface area contributed by atoms with Crippen LogP contribution < -0.4 is 0 Å². The minimum absolute atomic E-state index is 0.0565. The van der Waals surface area contributed by atoms with E-state index in [1.165, 1.54) is 6.08 Å². The fourth-order valence-electron chi connectivity index (χ4n) is 0.578. The summed E-state index contributed by atoms with van der Waals surface area (Å²) in [6.07, 6.45) is 1.33. The van der Waals surface area contributed by atoms with Crippen LogP contribution in [0.2, 0.25) is 6.04 Å². The molecule has 0 aromatic carbocycles. The topological polar surface area (TPSA) is 53.2 Å². The Hall–Kier alpha value is -0.0431. The predicted octanol–water partition coefficient (Wildman–Crippen LogP) is 2.12. The predicted molar refractivity (Wildman–Crippen MR) is 50.2 cm³/mol. The maximum absolute atomic E-state index is 9.70. The van der Waals surface area contributed by atoms with Gasteiger partial charge in [0.1, 0.15) is 0 Å². The highest BCUT2D eigenvalue weighted by Crippen LogP contribution is 2.28. The lowest BCUT2D eigenvalue weighted by Crippen LogP contribution is -2.16. The van der Waals surface area contributed by atoms with Gasteiger partial charge in [-0.15, -0.1) is 33.2 Å². The monoisotopic (exact) mass is 242 g/mol. The molecule has 0 aliphatic carbocycles. The quantitative estimate of drug-likeness (QED) is 0.329. The summed E-state index contributed by atoms with van der Waals surface area (Å²) in [7, 11) is 0. The molecule has 0 fully saturated rings. The van der Waals surface area contributed by atoms with Crippen molar-refractivity contribution in [2.45, 2.75) is 6.04 Å². The Morgan fingerprint density at radius 3 is 2.42 bits per heavy atom. The third-order valence-corrected chi connectivity index (χ3v) is 3.38. The van der Waals surface area contributed by atoms with Crippen LogP contribution in [0.5, 0.6) is 0 Å². The van der Waals surface area contributed by atoms with Gasteiger partial charge in [-0.1, -0.05) is 0 Å². The van der Waals surface area contributed by atoms with Crippen molar-refractivity contribution in [2.75, 3.05) is 6.54 Å². The Balaban J connectivity index is 4.02. The van der Waals surface area contributed by atoms with Gasteiger partial charge in [-0.2, -0.15) is 5.26 Å². The second-order valence-corrected chi connectivity index (χ2v) is 11.3. The molecule has 1 unspecified atom stereocenters. The molecular weight excluding hydrogens is 239 g/mol. The second-order valence-electron chi connectivity index (χ2n) is 2.08. The van der Waals surface area contributed by atoms with E-state index in [0.717, 1.165) is 0 Å². The highest BCUT2D eigenvalue weighted by atomic mass is 35.8. The summed E-state index contributed by atoms with van der Waals surface area (Å²) in [4.78, 5) is 12.9. The van der Waals surface area contributed by atoms with Crippen molar-refractivity contribution >= 4 is 45.3 Å². The molecule has 1 atom stereocenters. The minimum atomic E-state index is -2.79. The summed E-state index contributed by atoms with van der Waals surface area (Å²) in [6.45, 7) is 0.0565. The molecule has 0 saturated heterocycles. The van der Waals surface area contributed by atoms with Crippen molar-refractivity contribution in [3.8, 4) is 6.07 Å². The average molecular weight is 244 g/mol. The summed E-state index contributed by atoms with van der Waals surface area (Å²) in [5.41, 5.74) is 0. The van der Waals surface area contributed by atoms with Crippen molar-refractivity contribution in [1.82, 2.24) is 0 Å². The van der Waals surface area contributed by atoms with E-state index in [-0.39, 0.29) is 12.6 Å². The summed E-state index contributed by atoms with van der Waals surface area (Å²) < 4.78 is 0. The van der Waals surface area contributed by atoms with Crippen LogP contribution in [0.4, 0.5) is 0 Å². The van der Waals surface area contributed by atoms with Crippen LogP contribution in [0.3, 0.4) is 0 Å². The van der Waals surface area contributed by atoms with Gasteiger partial charge in [-0.3, -0.25) is 0 Å². The third kappa shape index (κ3) is 6.65. The van der Waals surface area contributed by atoms with Gasteiger partial charge < -0.3 is 0 Å². The van der Waals surface area contributed by atoms with Gasteiger partial charge >= 0.3 is 6.00 Å². The molecule has 0 heterocycles. The van der Waals surface area contributed by atoms with Gasteiger partial charge in [0.15, 0.2) is 0 Å². The number of rotatable bonds is 4. The van der Waals surface area contributed by atoms with E-state index >= 15 is 0 Å². The van der Waals surface area contributed by atoms with Gasteiger partial charge in [0, 0.05) is 6.04 Å². The first-order valence-electron chi connectivity index (χ1n) is 2.99. The number of nitrogens with zero attached hydrogens (tertiary/aromatic N) is 2. The number of hydrogen-bond donors (Lipinski definition) is 0. The van der Waals surface area contributed by atoms with E-state index in [4.69, 9.17) is 38.5 Å². The standard InChI is InChI=1S/C5H5Cl3N2OSi/c6-12(7,8)3-5(1-9)2-10-4-11/h5H,2-3H2. The maximum atomic E-state index is 9.70. The molecule has 7 heteroatoms. The van der Waals surface area contributed by atoms with Crippen molar-refractivity contribution in [3.05, 3.63) is 0 Å². The number of halogens is 3. The van der Waals surface area contributed by atoms with Gasteiger partial charge in [0.25, 0.3) is 0 Å². The second kappa shape index (κ2) is 5.58. The lowest BCUT2D eigenvalue weighted by Gasteiger charge is -2.09. The Morgan fingerprint density at radius 2 is 2.08 bits per heavy atom. The molecule has 0 N–H and O–H groups in total. The van der Waals surface area contributed by atoms with E-state index in [1.54, 1.807) is 0 Å². The molecule has 0 saturated carbocycles. The van der Waals surface area contributed by atoms with E-state index in [2.05, 4.69) is 4.99 Å². The minimum Gasteiger partial charge on any atom is -0.211 e. The van der Waals surface area contributed by atoms with Crippen LogP contribution in [0, 0.1) is 17.2 Å². The summed E-state index contributed by atoms with van der Waals surface area (Å²) in [6, 6.07) is -0.691. The normalized spacial score (nSPS) is 12.8. The summed E-state index contributed by atoms with van der Waals surface area (Å²) in [5.74, 6) is -0.495. The van der Waals surface area contributed by atoms with Crippen LogP contribution >= 0.6 is 33.2 Å². The fourth-order valence-corrected chi connectivity index (χ4v) is 3.03. The lowest BCUT2D eigenvalue weighted by atomic mass is 10.2. The zero-order valence-corrected chi connectivity index (χ0v) is 9.20. The molecule has 0 amide bonds. The molecule has 0 spiro atoms. The number of aliphatic imine (C=N–C) groups is 1. The highest BCUT2D eigenvalue weighted by molar-refractivity contribution is 7.64. The molecule has 0 aromatic rings. The number of carbonyl (C=O) groups excluding carboxylic acids is 1. The van der Waals surface area contributed by atoms with E-state index in [9.17, 15) is 4.79 Å².